The lowest BCUT2D eigenvalue weighted by molar-refractivity contribution is 0.0946. The molecule has 0 spiro atoms. The lowest BCUT2D eigenvalue weighted by Crippen LogP contribution is -2.35. The zero-order chi connectivity index (χ0) is 20.6. The fourth-order valence-electron chi connectivity index (χ4n) is 3.15. The van der Waals surface area contributed by atoms with Gasteiger partial charge in [-0.15, -0.1) is 0 Å². The molecule has 0 atom stereocenters. The minimum Gasteiger partial charge on any atom is -0.348 e. The summed E-state index contributed by atoms with van der Waals surface area (Å²) in [5.41, 5.74) is 1.98. The number of nitrogens with one attached hydrogen (secondary N) is 1. The van der Waals surface area contributed by atoms with Gasteiger partial charge >= 0.3 is 0 Å². The molecule has 1 amide bonds. The molecule has 1 aromatic carbocycles. The van der Waals surface area contributed by atoms with Gasteiger partial charge in [-0.2, -0.15) is 4.31 Å². The SMILES string of the molecule is O=C(NC1CC1)c1cccc(C2=CCN(S(=O)(=O)c3ccc(Cl)cc3Cl)CC2)n1. The molecule has 1 aliphatic heterocycles. The Labute approximate surface area is 179 Å². The van der Waals surface area contributed by atoms with Gasteiger partial charge in [0.15, 0.2) is 0 Å². The Hall–Kier alpha value is -1.93. The normalized spacial score (nSPS) is 17.7. The maximum Gasteiger partial charge on any atom is 0.270 e. The summed E-state index contributed by atoms with van der Waals surface area (Å²) in [7, 11) is -3.73. The smallest absolute Gasteiger partial charge is 0.270 e. The monoisotopic (exact) mass is 451 g/mol. The molecule has 9 heteroatoms. The quantitative estimate of drug-likeness (QED) is 0.750. The van der Waals surface area contributed by atoms with E-state index in [1.54, 1.807) is 12.1 Å². The van der Waals surface area contributed by atoms with Gasteiger partial charge in [0, 0.05) is 24.2 Å². The third kappa shape index (κ3) is 4.48. The number of amides is 1. The van der Waals surface area contributed by atoms with E-state index in [0.717, 1.165) is 18.4 Å². The zero-order valence-corrected chi connectivity index (χ0v) is 17.8. The molecule has 0 bridgehead atoms. The number of pyridine rings is 1. The summed E-state index contributed by atoms with van der Waals surface area (Å²) >= 11 is 12.0. The molecule has 2 aliphatic rings. The Kier molecular flexibility index (Phi) is 5.66. The van der Waals surface area contributed by atoms with Crippen molar-refractivity contribution in [1.29, 1.82) is 0 Å². The Balaban J connectivity index is 1.51. The molecule has 29 heavy (non-hydrogen) atoms. The summed E-state index contributed by atoms with van der Waals surface area (Å²) in [5.74, 6) is -0.174. The van der Waals surface area contributed by atoms with Gasteiger partial charge in [0.05, 0.1) is 10.7 Å². The van der Waals surface area contributed by atoms with Crippen LogP contribution in [-0.4, -0.2) is 42.7 Å². The molecule has 1 aliphatic carbocycles. The van der Waals surface area contributed by atoms with Crippen molar-refractivity contribution in [2.24, 2.45) is 0 Å². The van der Waals surface area contributed by atoms with E-state index in [2.05, 4.69) is 10.3 Å². The van der Waals surface area contributed by atoms with Gasteiger partial charge < -0.3 is 5.32 Å². The van der Waals surface area contributed by atoms with E-state index in [1.165, 1.54) is 22.5 Å². The van der Waals surface area contributed by atoms with Crippen LogP contribution in [0.4, 0.5) is 0 Å². The summed E-state index contributed by atoms with van der Waals surface area (Å²) in [6, 6.07) is 9.92. The molecule has 1 saturated carbocycles. The van der Waals surface area contributed by atoms with Gasteiger partial charge in [-0.05, 0) is 55.2 Å². The van der Waals surface area contributed by atoms with Crippen molar-refractivity contribution in [3.63, 3.8) is 0 Å². The standard InChI is InChI=1S/C20H19Cl2N3O3S/c21-14-4-7-19(16(22)12-14)29(27,28)25-10-8-13(9-11-25)17-2-1-3-18(24-17)20(26)23-15-5-6-15/h1-4,7-8,12,15H,5-6,9-11H2,(H,23,26). The van der Waals surface area contributed by atoms with Crippen molar-refractivity contribution in [3.8, 4) is 0 Å². The predicted octanol–water partition coefficient (Wildman–Crippen LogP) is 3.76. The van der Waals surface area contributed by atoms with Crippen molar-refractivity contribution in [2.75, 3.05) is 13.1 Å². The average molecular weight is 452 g/mol. The number of hydrogen-bond acceptors (Lipinski definition) is 4. The number of aromatic nitrogens is 1. The van der Waals surface area contributed by atoms with E-state index in [-0.39, 0.29) is 28.4 Å². The van der Waals surface area contributed by atoms with Gasteiger partial charge in [-0.3, -0.25) is 4.79 Å². The van der Waals surface area contributed by atoms with Crippen LogP contribution in [0.3, 0.4) is 0 Å². The summed E-state index contributed by atoms with van der Waals surface area (Å²) in [6.45, 7) is 0.504. The fraction of sp³-hybridized carbons (Fsp3) is 0.300. The number of hydrogen-bond donors (Lipinski definition) is 1. The van der Waals surface area contributed by atoms with Crippen LogP contribution in [-0.2, 0) is 10.0 Å². The van der Waals surface area contributed by atoms with Crippen LogP contribution in [0.25, 0.3) is 5.57 Å². The Bertz CT molecular complexity index is 1100. The highest BCUT2D eigenvalue weighted by molar-refractivity contribution is 7.89. The van der Waals surface area contributed by atoms with Gasteiger partial charge in [0.1, 0.15) is 10.6 Å². The van der Waals surface area contributed by atoms with E-state index in [0.29, 0.717) is 29.4 Å². The van der Waals surface area contributed by atoms with E-state index in [9.17, 15) is 13.2 Å². The maximum absolute atomic E-state index is 12.9. The number of rotatable bonds is 5. The molecule has 1 N–H and O–H groups in total. The second-order valence-electron chi connectivity index (χ2n) is 7.07. The lowest BCUT2D eigenvalue weighted by Gasteiger charge is -2.26. The molecular formula is C20H19Cl2N3O3S. The second kappa shape index (κ2) is 8.07. The molecular weight excluding hydrogens is 433 g/mol. The van der Waals surface area contributed by atoms with Crippen LogP contribution < -0.4 is 5.32 Å². The summed E-state index contributed by atoms with van der Waals surface area (Å²) in [4.78, 5) is 16.7. The Morgan fingerprint density at radius 2 is 1.97 bits per heavy atom. The highest BCUT2D eigenvalue weighted by Crippen LogP contribution is 2.30. The number of carbonyl (C=O) groups excluding carboxylic acids is 1. The van der Waals surface area contributed by atoms with Crippen molar-refractivity contribution < 1.29 is 13.2 Å². The molecule has 2 heterocycles. The first kappa shape index (κ1) is 20.3. The van der Waals surface area contributed by atoms with Gasteiger partial charge in [-0.25, -0.2) is 13.4 Å². The number of carbonyl (C=O) groups is 1. The van der Waals surface area contributed by atoms with Crippen LogP contribution in [0, 0.1) is 0 Å². The van der Waals surface area contributed by atoms with Crippen LogP contribution in [0.15, 0.2) is 47.4 Å². The first-order valence-corrected chi connectivity index (χ1v) is 11.5. The third-order valence-corrected chi connectivity index (χ3v) is 7.49. The van der Waals surface area contributed by atoms with Crippen molar-refractivity contribution in [3.05, 3.63) is 63.9 Å². The average Bonchev–Trinajstić information content (AvgIpc) is 3.52. The molecule has 6 nitrogen and oxygen atoms in total. The first-order valence-electron chi connectivity index (χ1n) is 9.27. The molecule has 0 unspecified atom stereocenters. The number of sulfonamides is 1. The summed E-state index contributed by atoms with van der Waals surface area (Å²) in [5, 5.41) is 3.41. The second-order valence-corrected chi connectivity index (χ2v) is 9.82. The molecule has 152 valence electrons. The van der Waals surface area contributed by atoms with E-state index < -0.39 is 10.0 Å². The summed E-state index contributed by atoms with van der Waals surface area (Å²) < 4.78 is 27.2. The molecule has 0 saturated heterocycles. The van der Waals surface area contributed by atoms with E-state index in [1.807, 2.05) is 12.1 Å². The van der Waals surface area contributed by atoms with Crippen LogP contribution in [0.2, 0.25) is 10.0 Å². The number of benzene rings is 1. The van der Waals surface area contributed by atoms with Crippen LogP contribution in [0.1, 0.15) is 35.4 Å². The highest BCUT2D eigenvalue weighted by atomic mass is 35.5. The number of nitrogens with zero attached hydrogens (tertiary/aromatic N) is 2. The Morgan fingerprint density at radius 3 is 2.62 bits per heavy atom. The number of halogens is 2. The fourth-order valence-corrected chi connectivity index (χ4v) is 5.28. The van der Waals surface area contributed by atoms with E-state index >= 15 is 0 Å². The molecule has 1 aromatic heterocycles. The maximum atomic E-state index is 12.9. The predicted molar refractivity (Wildman–Crippen MR) is 113 cm³/mol. The molecule has 0 radical (unpaired) electrons. The van der Waals surface area contributed by atoms with Crippen molar-refractivity contribution >= 4 is 44.7 Å². The molecule has 2 aromatic rings. The topological polar surface area (TPSA) is 79.4 Å². The largest absolute Gasteiger partial charge is 0.348 e. The molecule has 1 fully saturated rings. The van der Waals surface area contributed by atoms with Crippen LogP contribution in [0.5, 0.6) is 0 Å². The van der Waals surface area contributed by atoms with Crippen molar-refractivity contribution in [1.82, 2.24) is 14.6 Å². The molecule has 4 rings (SSSR count). The third-order valence-electron chi connectivity index (χ3n) is 4.91. The van der Waals surface area contributed by atoms with Gasteiger partial charge in [-0.1, -0.05) is 35.3 Å². The minimum absolute atomic E-state index is 0.0392. The van der Waals surface area contributed by atoms with E-state index in [4.69, 9.17) is 23.2 Å². The van der Waals surface area contributed by atoms with Crippen molar-refractivity contribution in [2.45, 2.75) is 30.2 Å². The minimum atomic E-state index is -3.73. The lowest BCUT2D eigenvalue weighted by atomic mass is 10.1. The Morgan fingerprint density at radius 1 is 1.17 bits per heavy atom. The first-order chi connectivity index (χ1) is 13.8. The zero-order valence-electron chi connectivity index (χ0n) is 15.4. The van der Waals surface area contributed by atoms with Gasteiger partial charge in [0.25, 0.3) is 5.91 Å². The van der Waals surface area contributed by atoms with Gasteiger partial charge in [0.2, 0.25) is 10.0 Å². The summed E-state index contributed by atoms with van der Waals surface area (Å²) in [6.07, 6.45) is 4.35. The highest BCUT2D eigenvalue weighted by Gasteiger charge is 2.29. The van der Waals surface area contributed by atoms with Crippen LogP contribution >= 0.6 is 23.2 Å².